The Morgan fingerprint density at radius 3 is 2.75 bits per heavy atom. The molecule has 1 fully saturated rings. The molecule has 0 amide bonds. The molecule has 2 atom stereocenters. The van der Waals surface area contributed by atoms with Crippen molar-refractivity contribution in [1.82, 2.24) is 4.98 Å². The Morgan fingerprint density at radius 2 is 2.12 bits per heavy atom. The van der Waals surface area contributed by atoms with Crippen molar-refractivity contribution in [2.24, 2.45) is 5.92 Å². The Kier molecular flexibility index (Phi) is 4.39. The fraction of sp³-hybridized carbons (Fsp3) is 0.643. The number of aromatic nitrogens is 1. The van der Waals surface area contributed by atoms with Crippen LogP contribution in [-0.2, 0) is 12.8 Å². The highest BCUT2D eigenvalue weighted by atomic mass is 79.9. The predicted molar refractivity (Wildman–Crippen MR) is 72.0 cm³/mol. The number of alkyl halides is 1. The van der Waals surface area contributed by atoms with Crippen LogP contribution < -0.4 is 0 Å². The summed E-state index contributed by atoms with van der Waals surface area (Å²) in [7, 11) is 0. The molecule has 0 aromatic carbocycles. The van der Waals surface area contributed by atoms with Crippen LogP contribution in [-0.4, -0.2) is 9.81 Å². The second kappa shape index (κ2) is 5.81. The summed E-state index contributed by atoms with van der Waals surface area (Å²) in [5.74, 6) is 0.786. The molecule has 2 unspecified atom stereocenters. The van der Waals surface area contributed by atoms with Gasteiger partial charge in [0, 0.05) is 16.7 Å². The number of pyridine rings is 1. The maximum atomic E-state index is 4.56. The summed E-state index contributed by atoms with van der Waals surface area (Å²) >= 11 is 3.81. The summed E-state index contributed by atoms with van der Waals surface area (Å²) in [5.41, 5.74) is 2.59. The van der Waals surface area contributed by atoms with Crippen LogP contribution in [0.1, 0.15) is 43.9 Å². The first kappa shape index (κ1) is 12.1. The normalized spacial score (nSPS) is 25.6. The van der Waals surface area contributed by atoms with Crippen LogP contribution in [0.15, 0.2) is 18.3 Å². The average Bonchev–Trinajstić information content (AvgIpc) is 2.33. The molecule has 0 bridgehead atoms. The van der Waals surface area contributed by atoms with Gasteiger partial charge in [-0.3, -0.25) is 4.98 Å². The van der Waals surface area contributed by atoms with E-state index < -0.39 is 0 Å². The highest BCUT2D eigenvalue weighted by Crippen LogP contribution is 2.31. The summed E-state index contributed by atoms with van der Waals surface area (Å²) in [6.45, 7) is 2.17. The maximum absolute atomic E-state index is 4.56. The molecule has 1 aliphatic carbocycles. The lowest BCUT2D eigenvalue weighted by Crippen LogP contribution is -2.21. The molecule has 0 aliphatic heterocycles. The van der Waals surface area contributed by atoms with Crippen LogP contribution in [0.4, 0.5) is 0 Å². The van der Waals surface area contributed by atoms with E-state index >= 15 is 0 Å². The summed E-state index contributed by atoms with van der Waals surface area (Å²) < 4.78 is 0. The standard InChI is InChI=1S/C14H20BrN/c1-2-11-7-8-13(16-10-11)9-12-5-3-4-6-14(12)15/h7-8,10,12,14H,2-6,9H2,1H3. The molecule has 0 radical (unpaired) electrons. The van der Waals surface area contributed by atoms with Crippen molar-refractivity contribution in [3.8, 4) is 0 Å². The number of hydrogen-bond acceptors (Lipinski definition) is 1. The maximum Gasteiger partial charge on any atom is 0.0406 e. The second-order valence-corrected chi connectivity index (χ2v) is 5.95. The van der Waals surface area contributed by atoms with Gasteiger partial charge in [-0.1, -0.05) is 41.8 Å². The van der Waals surface area contributed by atoms with Gasteiger partial charge in [0.05, 0.1) is 0 Å². The summed E-state index contributed by atoms with van der Waals surface area (Å²) in [6, 6.07) is 4.42. The monoisotopic (exact) mass is 281 g/mol. The van der Waals surface area contributed by atoms with Gasteiger partial charge in [0.2, 0.25) is 0 Å². The van der Waals surface area contributed by atoms with Gasteiger partial charge >= 0.3 is 0 Å². The highest BCUT2D eigenvalue weighted by Gasteiger charge is 2.23. The van der Waals surface area contributed by atoms with E-state index in [1.807, 2.05) is 6.20 Å². The average molecular weight is 282 g/mol. The molecule has 1 aromatic rings. The van der Waals surface area contributed by atoms with Crippen molar-refractivity contribution >= 4 is 15.9 Å². The molecule has 1 aromatic heterocycles. The van der Waals surface area contributed by atoms with Crippen LogP contribution in [0.3, 0.4) is 0 Å². The van der Waals surface area contributed by atoms with Gasteiger partial charge in [-0.25, -0.2) is 0 Å². The number of aryl methyl sites for hydroxylation is 1. The van der Waals surface area contributed by atoms with Crippen LogP contribution in [0.25, 0.3) is 0 Å². The fourth-order valence-corrected chi connectivity index (χ4v) is 3.22. The molecule has 16 heavy (non-hydrogen) atoms. The van der Waals surface area contributed by atoms with Crippen molar-refractivity contribution in [1.29, 1.82) is 0 Å². The quantitative estimate of drug-likeness (QED) is 0.759. The SMILES string of the molecule is CCc1ccc(CC2CCCCC2Br)nc1. The van der Waals surface area contributed by atoms with Crippen molar-refractivity contribution in [3.05, 3.63) is 29.6 Å². The van der Waals surface area contributed by atoms with Gasteiger partial charge in [0.15, 0.2) is 0 Å². The van der Waals surface area contributed by atoms with Crippen molar-refractivity contribution < 1.29 is 0 Å². The molecule has 1 aliphatic rings. The molecular weight excluding hydrogens is 262 g/mol. The molecule has 0 N–H and O–H groups in total. The third-order valence-corrected chi connectivity index (χ3v) is 4.79. The first-order valence-electron chi connectivity index (χ1n) is 6.37. The Morgan fingerprint density at radius 1 is 1.31 bits per heavy atom. The highest BCUT2D eigenvalue weighted by molar-refractivity contribution is 9.09. The summed E-state index contributed by atoms with van der Waals surface area (Å²) in [5, 5.41) is 0. The van der Waals surface area contributed by atoms with Crippen molar-refractivity contribution in [2.75, 3.05) is 0 Å². The zero-order chi connectivity index (χ0) is 11.4. The van der Waals surface area contributed by atoms with E-state index in [4.69, 9.17) is 0 Å². The Bertz CT molecular complexity index is 320. The third-order valence-electron chi connectivity index (χ3n) is 3.58. The lowest BCUT2D eigenvalue weighted by atomic mass is 9.86. The number of halogens is 1. The zero-order valence-corrected chi connectivity index (χ0v) is 11.5. The Hall–Kier alpha value is -0.370. The van der Waals surface area contributed by atoms with Gasteiger partial charge in [0.1, 0.15) is 0 Å². The van der Waals surface area contributed by atoms with Gasteiger partial charge in [0.25, 0.3) is 0 Å². The van der Waals surface area contributed by atoms with Gasteiger partial charge < -0.3 is 0 Å². The minimum absolute atomic E-state index is 0.703. The molecular formula is C14H20BrN. The lowest BCUT2D eigenvalue weighted by molar-refractivity contribution is 0.371. The minimum atomic E-state index is 0.703. The molecule has 1 nitrogen and oxygen atoms in total. The second-order valence-electron chi connectivity index (χ2n) is 4.78. The van der Waals surface area contributed by atoms with Gasteiger partial charge in [-0.2, -0.15) is 0 Å². The fourth-order valence-electron chi connectivity index (χ4n) is 2.45. The lowest BCUT2D eigenvalue weighted by Gasteiger charge is -2.27. The number of rotatable bonds is 3. The molecule has 1 heterocycles. The van der Waals surface area contributed by atoms with Crippen molar-refractivity contribution in [3.63, 3.8) is 0 Å². The van der Waals surface area contributed by atoms with Crippen LogP contribution >= 0.6 is 15.9 Å². The third kappa shape index (κ3) is 3.07. The largest absolute Gasteiger partial charge is 0.261 e. The number of hydrogen-bond donors (Lipinski definition) is 0. The minimum Gasteiger partial charge on any atom is -0.261 e. The zero-order valence-electron chi connectivity index (χ0n) is 9.95. The van der Waals surface area contributed by atoms with E-state index in [0.29, 0.717) is 4.83 Å². The molecule has 0 spiro atoms. The Balaban J connectivity index is 1.96. The first-order chi connectivity index (χ1) is 7.79. The van der Waals surface area contributed by atoms with Crippen LogP contribution in [0.2, 0.25) is 0 Å². The van der Waals surface area contributed by atoms with Gasteiger partial charge in [-0.05, 0) is 43.2 Å². The first-order valence-corrected chi connectivity index (χ1v) is 7.29. The smallest absolute Gasteiger partial charge is 0.0406 e. The molecule has 0 saturated heterocycles. The van der Waals surface area contributed by atoms with E-state index in [1.54, 1.807) is 0 Å². The van der Waals surface area contributed by atoms with Gasteiger partial charge in [-0.15, -0.1) is 0 Å². The topological polar surface area (TPSA) is 12.9 Å². The molecule has 88 valence electrons. The molecule has 2 rings (SSSR count). The van der Waals surface area contributed by atoms with E-state index in [9.17, 15) is 0 Å². The van der Waals surface area contributed by atoms with Crippen LogP contribution in [0.5, 0.6) is 0 Å². The van der Waals surface area contributed by atoms with Crippen LogP contribution in [0, 0.1) is 5.92 Å². The van der Waals surface area contributed by atoms with E-state index in [1.165, 1.54) is 36.9 Å². The van der Waals surface area contributed by atoms with E-state index in [-0.39, 0.29) is 0 Å². The summed E-state index contributed by atoms with van der Waals surface area (Å²) in [6.07, 6.45) is 9.71. The predicted octanol–water partition coefficient (Wildman–Crippen LogP) is 4.14. The van der Waals surface area contributed by atoms with E-state index in [0.717, 1.165) is 18.8 Å². The molecule has 1 saturated carbocycles. The van der Waals surface area contributed by atoms with Crippen molar-refractivity contribution in [2.45, 2.75) is 50.3 Å². The summed E-state index contributed by atoms with van der Waals surface area (Å²) in [4.78, 5) is 5.26. The van der Waals surface area contributed by atoms with E-state index in [2.05, 4.69) is 40.0 Å². The Labute approximate surface area is 107 Å². The molecule has 2 heteroatoms. The number of nitrogens with zero attached hydrogens (tertiary/aromatic N) is 1.